The summed E-state index contributed by atoms with van der Waals surface area (Å²) < 4.78 is 27.7. The molecule has 1 saturated heterocycles. The van der Waals surface area contributed by atoms with Crippen LogP contribution in [0.3, 0.4) is 0 Å². The van der Waals surface area contributed by atoms with Crippen LogP contribution in [-0.2, 0) is 9.59 Å². The van der Waals surface area contributed by atoms with Crippen LogP contribution in [0.5, 0.6) is 0 Å². The largest absolute Gasteiger partial charge is 0.344 e. The van der Waals surface area contributed by atoms with Gasteiger partial charge in [-0.3, -0.25) is 9.59 Å². The molecule has 0 radical (unpaired) electrons. The summed E-state index contributed by atoms with van der Waals surface area (Å²) in [5.41, 5.74) is 5.61. The van der Waals surface area contributed by atoms with E-state index in [1.54, 1.807) is 0 Å². The van der Waals surface area contributed by atoms with Crippen molar-refractivity contribution in [2.24, 2.45) is 11.7 Å². The maximum absolute atomic E-state index is 13.8. The van der Waals surface area contributed by atoms with Gasteiger partial charge in [-0.25, -0.2) is 8.78 Å². The van der Waals surface area contributed by atoms with Crippen molar-refractivity contribution >= 4 is 17.5 Å². The van der Waals surface area contributed by atoms with Gasteiger partial charge in [0.2, 0.25) is 11.8 Å². The summed E-state index contributed by atoms with van der Waals surface area (Å²) in [6.45, 7) is 0.171. The Morgan fingerprint density at radius 2 is 1.96 bits per heavy atom. The van der Waals surface area contributed by atoms with Gasteiger partial charge in [0.25, 0.3) is 0 Å². The molecule has 1 aliphatic heterocycles. The molecule has 1 heterocycles. The minimum absolute atomic E-state index is 0.0269. The lowest BCUT2D eigenvalue weighted by molar-refractivity contribution is -0.127. The topological polar surface area (TPSA) is 75.4 Å². The lowest BCUT2D eigenvalue weighted by atomic mass is 9.99. The Balaban J connectivity index is 1.63. The van der Waals surface area contributed by atoms with E-state index in [4.69, 9.17) is 5.73 Å². The van der Waals surface area contributed by atoms with E-state index in [2.05, 4.69) is 5.32 Å². The van der Waals surface area contributed by atoms with Crippen molar-refractivity contribution in [3.05, 3.63) is 29.8 Å². The molecule has 2 aliphatic rings. The molecule has 7 heteroatoms. The van der Waals surface area contributed by atoms with Crippen molar-refractivity contribution in [1.82, 2.24) is 5.32 Å². The number of carbonyl (C=O) groups is 2. The number of para-hydroxylation sites is 1. The third-order valence-corrected chi connectivity index (χ3v) is 4.91. The van der Waals surface area contributed by atoms with Gasteiger partial charge >= 0.3 is 0 Å². The van der Waals surface area contributed by atoms with E-state index in [1.807, 2.05) is 0 Å². The van der Waals surface area contributed by atoms with Crippen LogP contribution in [0.15, 0.2) is 18.2 Å². The van der Waals surface area contributed by atoms with Crippen LogP contribution in [0.1, 0.15) is 32.1 Å². The fourth-order valence-corrected chi connectivity index (χ4v) is 3.59. The van der Waals surface area contributed by atoms with Crippen molar-refractivity contribution < 1.29 is 18.4 Å². The second-order valence-electron chi connectivity index (χ2n) is 6.53. The first-order valence-electron chi connectivity index (χ1n) is 8.27. The average molecular weight is 337 g/mol. The van der Waals surface area contributed by atoms with Crippen LogP contribution in [0, 0.1) is 17.6 Å². The molecule has 0 spiro atoms. The van der Waals surface area contributed by atoms with Crippen LogP contribution in [0.2, 0.25) is 0 Å². The minimum atomic E-state index is -0.785. The van der Waals surface area contributed by atoms with Gasteiger partial charge in [-0.05, 0) is 37.3 Å². The monoisotopic (exact) mass is 337 g/mol. The van der Waals surface area contributed by atoms with Gasteiger partial charge in [-0.1, -0.05) is 12.5 Å². The second-order valence-corrected chi connectivity index (χ2v) is 6.53. The Morgan fingerprint density at radius 1 is 1.25 bits per heavy atom. The van der Waals surface area contributed by atoms with Gasteiger partial charge in [-0.15, -0.1) is 0 Å². The van der Waals surface area contributed by atoms with Crippen molar-refractivity contribution in [2.75, 3.05) is 11.4 Å². The Kier molecular flexibility index (Phi) is 4.80. The third kappa shape index (κ3) is 3.26. The second kappa shape index (κ2) is 6.84. The van der Waals surface area contributed by atoms with Gasteiger partial charge in [0.05, 0.1) is 0 Å². The number of carbonyl (C=O) groups excluding carboxylic acids is 2. The van der Waals surface area contributed by atoms with Gasteiger partial charge in [0.1, 0.15) is 23.4 Å². The normalized spacial score (nSPS) is 26.9. The molecule has 1 unspecified atom stereocenters. The average Bonchev–Trinajstić information content (AvgIpc) is 3.08. The first-order chi connectivity index (χ1) is 11.5. The summed E-state index contributed by atoms with van der Waals surface area (Å²) >= 11 is 0. The molecule has 1 aromatic carbocycles. The quantitative estimate of drug-likeness (QED) is 0.878. The highest BCUT2D eigenvalue weighted by Crippen LogP contribution is 2.29. The summed E-state index contributed by atoms with van der Waals surface area (Å²) in [4.78, 5) is 25.6. The van der Waals surface area contributed by atoms with Gasteiger partial charge in [0, 0.05) is 19.0 Å². The number of amides is 2. The molecule has 1 aromatic rings. The molecule has 1 aliphatic carbocycles. The number of halogens is 2. The van der Waals surface area contributed by atoms with E-state index >= 15 is 0 Å². The third-order valence-electron chi connectivity index (χ3n) is 4.91. The zero-order chi connectivity index (χ0) is 17.3. The predicted octanol–water partition coefficient (Wildman–Crippen LogP) is 1.70. The fourth-order valence-electron chi connectivity index (χ4n) is 3.59. The Morgan fingerprint density at radius 3 is 2.58 bits per heavy atom. The number of nitrogens with one attached hydrogen (secondary N) is 1. The van der Waals surface area contributed by atoms with Gasteiger partial charge in [-0.2, -0.15) is 0 Å². The first kappa shape index (κ1) is 16.8. The molecular formula is C17H21F2N3O2. The smallest absolute Gasteiger partial charge is 0.249 e. The van der Waals surface area contributed by atoms with Crippen LogP contribution < -0.4 is 16.0 Å². The highest BCUT2D eigenvalue weighted by atomic mass is 19.1. The molecule has 0 bridgehead atoms. The molecule has 3 N–H and O–H groups in total. The van der Waals surface area contributed by atoms with Crippen molar-refractivity contribution in [1.29, 1.82) is 0 Å². The van der Waals surface area contributed by atoms with Crippen LogP contribution in [0.25, 0.3) is 0 Å². The number of anilines is 1. The highest BCUT2D eigenvalue weighted by Gasteiger charge is 2.36. The predicted molar refractivity (Wildman–Crippen MR) is 85.2 cm³/mol. The Hall–Kier alpha value is -2.02. The van der Waals surface area contributed by atoms with E-state index in [0.29, 0.717) is 12.8 Å². The van der Waals surface area contributed by atoms with E-state index in [9.17, 15) is 18.4 Å². The molecular weight excluding hydrogens is 316 g/mol. The number of nitrogens with zero attached hydrogens (tertiary/aromatic N) is 1. The van der Waals surface area contributed by atoms with Gasteiger partial charge < -0.3 is 16.0 Å². The molecule has 3 atom stereocenters. The number of rotatable bonds is 4. The van der Waals surface area contributed by atoms with Crippen molar-refractivity contribution in [3.8, 4) is 0 Å². The number of nitrogens with two attached hydrogens (primary N) is 1. The molecule has 0 aromatic heterocycles. The number of hydrogen-bond donors (Lipinski definition) is 2. The molecule has 2 fully saturated rings. The van der Waals surface area contributed by atoms with Crippen molar-refractivity contribution in [2.45, 2.75) is 44.2 Å². The summed E-state index contributed by atoms with van der Waals surface area (Å²) in [7, 11) is 0. The zero-order valence-corrected chi connectivity index (χ0v) is 13.3. The van der Waals surface area contributed by atoms with E-state index in [0.717, 1.165) is 36.3 Å². The molecule has 2 amide bonds. The molecule has 3 rings (SSSR count). The maximum Gasteiger partial charge on any atom is 0.249 e. The van der Waals surface area contributed by atoms with Crippen molar-refractivity contribution in [3.63, 3.8) is 0 Å². The van der Waals surface area contributed by atoms with E-state index < -0.39 is 23.6 Å². The first-order valence-corrected chi connectivity index (χ1v) is 8.27. The number of benzene rings is 1. The summed E-state index contributed by atoms with van der Waals surface area (Å²) in [5, 5.41) is 2.68. The SMILES string of the molecule is N[C@@H]1CCC[C@H]1CC(=O)NC1CCN(c2c(F)cccc2F)C1=O. The van der Waals surface area contributed by atoms with E-state index in [-0.39, 0.29) is 30.1 Å². The number of hydrogen-bond acceptors (Lipinski definition) is 3. The molecule has 130 valence electrons. The van der Waals surface area contributed by atoms with Crippen LogP contribution in [-0.4, -0.2) is 30.4 Å². The Labute approximate surface area is 139 Å². The Bertz CT molecular complexity index is 632. The van der Waals surface area contributed by atoms with Gasteiger partial charge in [0.15, 0.2) is 0 Å². The summed E-state index contributed by atoms with van der Waals surface area (Å²) in [6.07, 6.45) is 3.47. The molecule has 1 saturated carbocycles. The lowest BCUT2D eigenvalue weighted by Crippen LogP contribution is -2.43. The van der Waals surface area contributed by atoms with Crippen LogP contribution in [0.4, 0.5) is 14.5 Å². The maximum atomic E-state index is 13.8. The standard InChI is InChI=1S/C17H21F2N3O2/c18-11-4-2-5-12(19)16(11)22-8-7-14(17(22)24)21-15(23)9-10-3-1-6-13(10)20/h2,4-5,10,13-14H,1,3,6-9,20H2,(H,21,23)/t10-,13+,14?/m0/s1. The minimum Gasteiger partial charge on any atom is -0.344 e. The van der Waals surface area contributed by atoms with E-state index in [1.165, 1.54) is 6.07 Å². The summed E-state index contributed by atoms with van der Waals surface area (Å²) in [6, 6.07) is 2.75. The lowest BCUT2D eigenvalue weighted by Gasteiger charge is -2.19. The van der Waals surface area contributed by atoms with Crippen LogP contribution >= 0.6 is 0 Å². The molecule has 24 heavy (non-hydrogen) atoms. The highest BCUT2D eigenvalue weighted by molar-refractivity contribution is 6.01. The molecule has 5 nitrogen and oxygen atoms in total. The zero-order valence-electron chi connectivity index (χ0n) is 13.3. The fraction of sp³-hybridized carbons (Fsp3) is 0.529. The summed E-state index contributed by atoms with van der Waals surface area (Å²) in [5.74, 6) is -2.14.